The Labute approximate surface area is 141 Å². The molecular formula is C17H23ClN2O3. The van der Waals surface area contributed by atoms with Gasteiger partial charge in [-0.3, -0.25) is 0 Å². The van der Waals surface area contributed by atoms with E-state index in [0.717, 1.165) is 19.4 Å². The van der Waals surface area contributed by atoms with Crippen LogP contribution in [0.15, 0.2) is 18.3 Å². The van der Waals surface area contributed by atoms with Gasteiger partial charge in [0.2, 0.25) is 5.88 Å². The number of aromatic nitrogens is 1. The van der Waals surface area contributed by atoms with E-state index in [2.05, 4.69) is 4.98 Å². The molecule has 2 bridgehead atoms. The first-order valence-corrected chi connectivity index (χ1v) is 8.43. The number of rotatable bonds is 3. The summed E-state index contributed by atoms with van der Waals surface area (Å²) in [6, 6.07) is 3.43. The lowest BCUT2D eigenvalue weighted by atomic mass is 9.67. The maximum absolute atomic E-state index is 12.5. The van der Waals surface area contributed by atoms with Crippen LogP contribution in [-0.2, 0) is 4.74 Å². The molecule has 1 aliphatic carbocycles. The summed E-state index contributed by atoms with van der Waals surface area (Å²) < 4.78 is 11.3. The lowest BCUT2D eigenvalue weighted by Gasteiger charge is -2.52. The van der Waals surface area contributed by atoms with E-state index in [4.69, 9.17) is 21.1 Å². The lowest BCUT2D eigenvalue weighted by molar-refractivity contribution is -0.0604. The van der Waals surface area contributed by atoms with Gasteiger partial charge in [-0.1, -0.05) is 11.6 Å². The number of hydrogen-bond acceptors (Lipinski definition) is 4. The van der Waals surface area contributed by atoms with Gasteiger partial charge in [-0.15, -0.1) is 0 Å². The third-order valence-corrected chi connectivity index (χ3v) is 4.63. The highest BCUT2D eigenvalue weighted by Gasteiger charge is 2.47. The molecule has 5 nitrogen and oxygen atoms in total. The van der Waals surface area contributed by atoms with Crippen LogP contribution in [0.5, 0.6) is 5.88 Å². The molecule has 1 aromatic rings. The quantitative estimate of drug-likeness (QED) is 0.842. The fourth-order valence-electron chi connectivity index (χ4n) is 3.31. The Morgan fingerprint density at radius 1 is 1.43 bits per heavy atom. The van der Waals surface area contributed by atoms with Gasteiger partial charge in [-0.2, -0.15) is 0 Å². The molecule has 0 radical (unpaired) electrons. The highest BCUT2D eigenvalue weighted by Crippen LogP contribution is 2.44. The van der Waals surface area contributed by atoms with Crippen molar-refractivity contribution in [2.24, 2.45) is 11.8 Å². The fourth-order valence-corrected chi connectivity index (χ4v) is 3.46. The first-order chi connectivity index (χ1) is 10.8. The summed E-state index contributed by atoms with van der Waals surface area (Å²) in [5.41, 5.74) is -0.487. The largest absolute Gasteiger partial charge is 0.475 e. The molecule has 0 N–H and O–H groups in total. The zero-order valence-corrected chi connectivity index (χ0v) is 14.5. The van der Waals surface area contributed by atoms with Gasteiger partial charge in [0.05, 0.1) is 6.04 Å². The topological polar surface area (TPSA) is 51.7 Å². The van der Waals surface area contributed by atoms with Crippen LogP contribution in [0, 0.1) is 11.8 Å². The monoisotopic (exact) mass is 338 g/mol. The van der Waals surface area contributed by atoms with Gasteiger partial charge >= 0.3 is 6.09 Å². The van der Waals surface area contributed by atoms with Gasteiger partial charge in [0.1, 0.15) is 12.2 Å². The highest BCUT2D eigenvalue weighted by atomic mass is 35.5. The fraction of sp³-hybridized carbons (Fsp3) is 0.647. The van der Waals surface area contributed by atoms with E-state index >= 15 is 0 Å². The number of halogens is 1. The summed E-state index contributed by atoms with van der Waals surface area (Å²) in [5.74, 6) is 1.58. The van der Waals surface area contributed by atoms with E-state index < -0.39 is 5.60 Å². The Kier molecular flexibility index (Phi) is 4.41. The number of fused-ring (bicyclic) bond motifs is 2. The molecule has 2 saturated heterocycles. The van der Waals surface area contributed by atoms with Crippen LogP contribution < -0.4 is 4.74 Å². The third kappa shape index (κ3) is 3.89. The maximum Gasteiger partial charge on any atom is 0.410 e. The second kappa shape index (κ2) is 6.19. The molecule has 4 rings (SSSR count). The second-order valence-electron chi connectivity index (χ2n) is 7.42. The average molecular weight is 339 g/mol. The van der Waals surface area contributed by atoms with Gasteiger partial charge in [0, 0.05) is 23.8 Å². The molecule has 2 aliphatic heterocycles. The normalized spacial score (nSPS) is 26.4. The smallest absolute Gasteiger partial charge is 0.410 e. The lowest BCUT2D eigenvalue weighted by Crippen LogP contribution is -2.60. The number of nitrogens with zero attached hydrogens (tertiary/aromatic N) is 2. The van der Waals surface area contributed by atoms with Crippen molar-refractivity contribution in [1.82, 2.24) is 9.88 Å². The molecule has 0 spiro atoms. The highest BCUT2D eigenvalue weighted by molar-refractivity contribution is 6.30. The van der Waals surface area contributed by atoms with Crippen LogP contribution in [-0.4, -0.2) is 40.8 Å². The standard InChI is InChI=1S/C17H23ClN2O3/c1-17(2,3)23-16(21)20-9-11-6-12(7-11)14(20)10-22-15-8-13(18)4-5-19-15/h4-5,8,11-12,14H,6-7,9-10H2,1-3H3. The number of carbonyl (C=O) groups excluding carboxylic acids is 1. The van der Waals surface area contributed by atoms with E-state index in [1.807, 2.05) is 25.7 Å². The number of pyridine rings is 1. The Bertz CT molecular complexity index is 581. The zero-order chi connectivity index (χ0) is 16.6. The predicted octanol–water partition coefficient (Wildman–Crippen LogP) is 3.76. The summed E-state index contributed by atoms with van der Waals surface area (Å²) in [4.78, 5) is 18.4. The number of ether oxygens (including phenoxy) is 2. The van der Waals surface area contributed by atoms with Gasteiger partial charge < -0.3 is 14.4 Å². The van der Waals surface area contributed by atoms with Crippen molar-refractivity contribution >= 4 is 17.7 Å². The van der Waals surface area contributed by atoms with E-state index in [-0.39, 0.29) is 12.1 Å². The molecule has 1 aromatic heterocycles. The van der Waals surface area contributed by atoms with Gasteiger partial charge in [0.15, 0.2) is 0 Å². The van der Waals surface area contributed by atoms with Crippen LogP contribution in [0.1, 0.15) is 33.6 Å². The molecule has 3 aliphatic rings. The first kappa shape index (κ1) is 16.4. The van der Waals surface area contributed by atoms with Crippen LogP contribution in [0.2, 0.25) is 5.02 Å². The van der Waals surface area contributed by atoms with Crippen LogP contribution in [0.25, 0.3) is 0 Å². The molecule has 1 unspecified atom stereocenters. The van der Waals surface area contributed by atoms with Crippen molar-refractivity contribution < 1.29 is 14.3 Å². The van der Waals surface area contributed by atoms with Crippen LogP contribution >= 0.6 is 11.6 Å². The second-order valence-corrected chi connectivity index (χ2v) is 7.86. The number of hydrogen-bond donors (Lipinski definition) is 0. The van der Waals surface area contributed by atoms with Gasteiger partial charge in [-0.05, 0) is 51.5 Å². The molecule has 1 amide bonds. The maximum atomic E-state index is 12.5. The van der Waals surface area contributed by atoms with Crippen molar-refractivity contribution in [2.45, 2.75) is 45.3 Å². The number of piperidine rings is 2. The Hall–Kier alpha value is -1.49. The number of carbonyl (C=O) groups is 1. The first-order valence-electron chi connectivity index (χ1n) is 8.06. The number of amides is 1. The molecule has 3 heterocycles. The van der Waals surface area contributed by atoms with Crippen molar-refractivity contribution in [3.63, 3.8) is 0 Å². The summed E-state index contributed by atoms with van der Waals surface area (Å²) in [5, 5.41) is 0.589. The van der Waals surface area contributed by atoms with Crippen LogP contribution in [0.3, 0.4) is 0 Å². The third-order valence-electron chi connectivity index (χ3n) is 4.40. The van der Waals surface area contributed by atoms with Crippen LogP contribution in [0.4, 0.5) is 4.79 Å². The van der Waals surface area contributed by atoms with Gasteiger partial charge in [0.25, 0.3) is 0 Å². The molecule has 3 fully saturated rings. The van der Waals surface area contributed by atoms with Crippen molar-refractivity contribution in [2.75, 3.05) is 13.2 Å². The SMILES string of the molecule is CC(C)(C)OC(=O)N1CC2CC(C2)C1COc1cc(Cl)ccn1. The molecule has 1 saturated carbocycles. The molecule has 6 heteroatoms. The summed E-state index contributed by atoms with van der Waals surface area (Å²) in [6.07, 6.45) is 3.69. The molecule has 0 aromatic carbocycles. The van der Waals surface area contributed by atoms with Crippen molar-refractivity contribution in [3.05, 3.63) is 23.4 Å². The Morgan fingerprint density at radius 3 is 2.83 bits per heavy atom. The van der Waals surface area contributed by atoms with E-state index in [1.165, 1.54) is 0 Å². The molecule has 126 valence electrons. The summed E-state index contributed by atoms with van der Waals surface area (Å²) in [6.45, 7) is 6.83. The van der Waals surface area contributed by atoms with Crippen molar-refractivity contribution in [3.8, 4) is 5.88 Å². The minimum Gasteiger partial charge on any atom is -0.475 e. The van der Waals surface area contributed by atoms with E-state index in [9.17, 15) is 4.79 Å². The summed E-state index contributed by atoms with van der Waals surface area (Å²) in [7, 11) is 0. The average Bonchev–Trinajstić information content (AvgIpc) is 2.42. The van der Waals surface area contributed by atoms with E-state index in [0.29, 0.717) is 29.3 Å². The van der Waals surface area contributed by atoms with Gasteiger partial charge in [-0.25, -0.2) is 9.78 Å². The predicted molar refractivity (Wildman–Crippen MR) is 87.7 cm³/mol. The molecular weight excluding hydrogens is 316 g/mol. The van der Waals surface area contributed by atoms with E-state index in [1.54, 1.807) is 18.3 Å². The minimum absolute atomic E-state index is 0.0376. The van der Waals surface area contributed by atoms with Crippen molar-refractivity contribution in [1.29, 1.82) is 0 Å². The molecule has 23 heavy (non-hydrogen) atoms. The Morgan fingerprint density at radius 2 is 2.17 bits per heavy atom. The minimum atomic E-state index is -0.487. The summed E-state index contributed by atoms with van der Waals surface area (Å²) >= 11 is 5.95. The molecule has 1 atom stereocenters. The Balaban J connectivity index is 1.66. The zero-order valence-electron chi connectivity index (χ0n) is 13.8.